The van der Waals surface area contributed by atoms with Crippen LogP contribution in [0, 0.1) is 29.3 Å². The van der Waals surface area contributed by atoms with Crippen molar-refractivity contribution in [3.05, 3.63) is 35.1 Å². The van der Waals surface area contributed by atoms with Crippen LogP contribution in [0.3, 0.4) is 0 Å². The van der Waals surface area contributed by atoms with Crippen LogP contribution in [0.4, 0.5) is 13.2 Å². The number of benzene rings is 1. The fourth-order valence-electron chi connectivity index (χ4n) is 3.44. The van der Waals surface area contributed by atoms with Gasteiger partial charge in [0.2, 0.25) is 0 Å². The van der Waals surface area contributed by atoms with Gasteiger partial charge in [0.25, 0.3) is 0 Å². The standard InChI is InChI=1S/C17H24F3N/c1-3-7-21-17(12-6-4-5-11(2)8-12)16-14(19)9-13(18)10-15(16)20/h9-12,17,21H,3-8H2,1-2H3. The van der Waals surface area contributed by atoms with Crippen LogP contribution in [0.1, 0.15) is 57.6 Å². The molecule has 4 heteroatoms. The summed E-state index contributed by atoms with van der Waals surface area (Å²) in [5, 5.41) is 3.27. The molecule has 3 unspecified atom stereocenters. The lowest BCUT2D eigenvalue weighted by Crippen LogP contribution is -2.33. The molecular weight excluding hydrogens is 275 g/mol. The minimum Gasteiger partial charge on any atom is -0.310 e. The van der Waals surface area contributed by atoms with E-state index in [1.807, 2.05) is 6.92 Å². The van der Waals surface area contributed by atoms with Crippen LogP contribution >= 0.6 is 0 Å². The fraction of sp³-hybridized carbons (Fsp3) is 0.647. The molecule has 118 valence electrons. The van der Waals surface area contributed by atoms with E-state index in [1.54, 1.807) is 0 Å². The molecule has 2 rings (SSSR count). The first kappa shape index (κ1) is 16.3. The van der Waals surface area contributed by atoms with Gasteiger partial charge in [-0.05, 0) is 37.6 Å². The van der Waals surface area contributed by atoms with Gasteiger partial charge in [-0.25, -0.2) is 13.2 Å². The van der Waals surface area contributed by atoms with Gasteiger partial charge in [0.1, 0.15) is 17.5 Å². The zero-order chi connectivity index (χ0) is 15.4. The van der Waals surface area contributed by atoms with E-state index in [0.29, 0.717) is 12.5 Å². The molecule has 1 aromatic carbocycles. The van der Waals surface area contributed by atoms with Crippen molar-refractivity contribution in [2.75, 3.05) is 6.54 Å². The second-order valence-electron chi connectivity index (χ2n) is 6.25. The monoisotopic (exact) mass is 299 g/mol. The molecule has 1 nitrogen and oxygen atoms in total. The molecular formula is C17H24F3N. The highest BCUT2D eigenvalue weighted by atomic mass is 19.1. The highest BCUT2D eigenvalue weighted by molar-refractivity contribution is 5.25. The Morgan fingerprint density at radius 1 is 1.19 bits per heavy atom. The molecule has 0 aliphatic heterocycles. The Bertz CT molecular complexity index is 452. The third-order valence-corrected chi connectivity index (χ3v) is 4.42. The van der Waals surface area contributed by atoms with Crippen molar-refractivity contribution >= 4 is 0 Å². The van der Waals surface area contributed by atoms with Gasteiger partial charge in [0.05, 0.1) is 0 Å². The summed E-state index contributed by atoms with van der Waals surface area (Å²) in [6.07, 6.45) is 5.06. The number of halogens is 3. The average molecular weight is 299 g/mol. The number of hydrogen-bond acceptors (Lipinski definition) is 1. The van der Waals surface area contributed by atoms with Gasteiger partial charge in [0, 0.05) is 23.7 Å². The Balaban J connectivity index is 2.31. The first-order valence-electron chi connectivity index (χ1n) is 7.90. The van der Waals surface area contributed by atoms with E-state index in [4.69, 9.17) is 0 Å². The van der Waals surface area contributed by atoms with Crippen molar-refractivity contribution in [1.29, 1.82) is 0 Å². The number of hydrogen-bond donors (Lipinski definition) is 1. The van der Waals surface area contributed by atoms with Crippen molar-refractivity contribution in [3.8, 4) is 0 Å². The van der Waals surface area contributed by atoms with Crippen LogP contribution < -0.4 is 5.32 Å². The maximum atomic E-state index is 14.1. The molecule has 1 aromatic rings. The van der Waals surface area contributed by atoms with E-state index in [-0.39, 0.29) is 17.5 Å². The quantitative estimate of drug-likeness (QED) is 0.809. The Hall–Kier alpha value is -1.03. The molecule has 0 amide bonds. The van der Waals surface area contributed by atoms with Crippen molar-refractivity contribution in [3.63, 3.8) is 0 Å². The summed E-state index contributed by atoms with van der Waals surface area (Å²) in [4.78, 5) is 0. The Morgan fingerprint density at radius 2 is 1.86 bits per heavy atom. The summed E-state index contributed by atoms with van der Waals surface area (Å²) >= 11 is 0. The summed E-state index contributed by atoms with van der Waals surface area (Å²) in [5.41, 5.74) is 0.00366. The van der Waals surface area contributed by atoms with Crippen LogP contribution in [0.5, 0.6) is 0 Å². The lowest BCUT2D eigenvalue weighted by molar-refractivity contribution is 0.217. The molecule has 3 atom stereocenters. The third kappa shape index (κ3) is 4.00. The molecule has 21 heavy (non-hydrogen) atoms. The van der Waals surface area contributed by atoms with E-state index in [0.717, 1.165) is 37.8 Å². The third-order valence-electron chi connectivity index (χ3n) is 4.42. The summed E-state index contributed by atoms with van der Waals surface area (Å²) < 4.78 is 41.4. The molecule has 0 radical (unpaired) electrons. The van der Waals surface area contributed by atoms with Crippen molar-refractivity contribution in [1.82, 2.24) is 5.32 Å². The zero-order valence-corrected chi connectivity index (χ0v) is 12.8. The van der Waals surface area contributed by atoms with Crippen LogP contribution in [0.2, 0.25) is 0 Å². The predicted molar refractivity (Wildman–Crippen MR) is 78.5 cm³/mol. The van der Waals surface area contributed by atoms with Crippen LogP contribution in [-0.4, -0.2) is 6.54 Å². The largest absolute Gasteiger partial charge is 0.310 e. The zero-order valence-electron chi connectivity index (χ0n) is 12.8. The highest BCUT2D eigenvalue weighted by Crippen LogP contribution is 2.38. The minimum atomic E-state index is -0.861. The van der Waals surface area contributed by atoms with Gasteiger partial charge >= 0.3 is 0 Å². The fourth-order valence-corrected chi connectivity index (χ4v) is 3.44. The van der Waals surface area contributed by atoms with Gasteiger partial charge in [-0.15, -0.1) is 0 Å². The topological polar surface area (TPSA) is 12.0 Å². The maximum absolute atomic E-state index is 14.1. The molecule has 1 aliphatic rings. The maximum Gasteiger partial charge on any atom is 0.133 e. The van der Waals surface area contributed by atoms with Gasteiger partial charge in [-0.2, -0.15) is 0 Å². The molecule has 0 heterocycles. The van der Waals surface area contributed by atoms with Gasteiger partial charge in [-0.1, -0.05) is 26.7 Å². The lowest BCUT2D eigenvalue weighted by atomic mass is 9.76. The van der Waals surface area contributed by atoms with E-state index in [9.17, 15) is 13.2 Å². The van der Waals surface area contributed by atoms with Crippen LogP contribution in [0.25, 0.3) is 0 Å². The molecule has 1 N–H and O–H groups in total. The summed E-state index contributed by atoms with van der Waals surface area (Å²) in [6.45, 7) is 4.90. The van der Waals surface area contributed by atoms with Crippen LogP contribution in [-0.2, 0) is 0 Å². The Labute approximate surface area is 124 Å². The average Bonchev–Trinajstić information content (AvgIpc) is 2.41. The molecule has 0 spiro atoms. The molecule has 0 bridgehead atoms. The predicted octanol–water partition coefficient (Wildman–Crippen LogP) is 4.97. The van der Waals surface area contributed by atoms with E-state index >= 15 is 0 Å². The molecule has 0 saturated heterocycles. The highest BCUT2D eigenvalue weighted by Gasteiger charge is 2.31. The first-order valence-corrected chi connectivity index (χ1v) is 7.90. The molecule has 1 aliphatic carbocycles. The minimum absolute atomic E-state index is 0.00366. The second kappa shape index (κ2) is 7.30. The normalized spacial score (nSPS) is 24.0. The Kier molecular flexibility index (Phi) is 5.68. The van der Waals surface area contributed by atoms with Crippen molar-refractivity contribution in [2.45, 2.75) is 52.0 Å². The van der Waals surface area contributed by atoms with Gasteiger partial charge < -0.3 is 5.32 Å². The summed E-state index contributed by atoms with van der Waals surface area (Å²) in [5.74, 6) is -1.64. The van der Waals surface area contributed by atoms with Crippen LogP contribution in [0.15, 0.2) is 12.1 Å². The SMILES string of the molecule is CCCNC(c1c(F)cc(F)cc1F)C1CCCC(C)C1. The van der Waals surface area contributed by atoms with E-state index < -0.39 is 17.5 Å². The van der Waals surface area contributed by atoms with E-state index in [1.165, 1.54) is 6.42 Å². The summed E-state index contributed by atoms with van der Waals surface area (Å²) in [6, 6.07) is 1.20. The van der Waals surface area contributed by atoms with Gasteiger partial charge in [0.15, 0.2) is 0 Å². The smallest absolute Gasteiger partial charge is 0.133 e. The van der Waals surface area contributed by atoms with Crippen molar-refractivity contribution in [2.24, 2.45) is 11.8 Å². The Morgan fingerprint density at radius 3 is 2.43 bits per heavy atom. The molecule has 1 saturated carbocycles. The van der Waals surface area contributed by atoms with E-state index in [2.05, 4.69) is 12.2 Å². The second-order valence-corrected chi connectivity index (χ2v) is 6.25. The lowest BCUT2D eigenvalue weighted by Gasteiger charge is -2.34. The van der Waals surface area contributed by atoms with Crippen molar-refractivity contribution < 1.29 is 13.2 Å². The van der Waals surface area contributed by atoms with Gasteiger partial charge in [-0.3, -0.25) is 0 Å². The number of nitrogens with one attached hydrogen (secondary N) is 1. The number of rotatable bonds is 5. The molecule has 1 fully saturated rings. The first-order chi connectivity index (χ1) is 10.0. The molecule has 0 aromatic heterocycles. The summed E-state index contributed by atoms with van der Waals surface area (Å²) in [7, 11) is 0.